The van der Waals surface area contributed by atoms with Crippen LogP contribution in [-0.4, -0.2) is 61.4 Å². The summed E-state index contributed by atoms with van der Waals surface area (Å²) in [6.07, 6.45) is -0.736. The largest absolute Gasteiger partial charge is 0.743 e. The van der Waals surface area contributed by atoms with Gasteiger partial charge in [-0.1, -0.05) is 18.9 Å². The topological polar surface area (TPSA) is 91.3 Å². The molecule has 0 aromatic heterocycles. The lowest BCUT2D eigenvalue weighted by molar-refractivity contribution is -0.382. The van der Waals surface area contributed by atoms with Crippen LogP contribution in [-0.2, 0) is 30.9 Å². The van der Waals surface area contributed by atoms with Crippen molar-refractivity contribution in [2.24, 2.45) is 0 Å². The fourth-order valence-electron chi connectivity index (χ4n) is 4.36. The summed E-state index contributed by atoms with van der Waals surface area (Å²) in [5.74, 6) is -12.2. The van der Waals surface area contributed by atoms with Crippen molar-refractivity contribution in [1.29, 1.82) is 0 Å². The summed E-state index contributed by atoms with van der Waals surface area (Å²) >= 11 is 0. The Morgan fingerprint density at radius 2 is 1.20 bits per heavy atom. The Morgan fingerprint density at radius 3 is 1.70 bits per heavy atom. The molecule has 0 N–H and O–H groups in total. The van der Waals surface area contributed by atoms with Crippen molar-refractivity contribution in [2.45, 2.75) is 76.8 Å². The van der Waals surface area contributed by atoms with Gasteiger partial charge < -0.3 is 4.55 Å². The molecule has 1 saturated carbocycles. The van der Waals surface area contributed by atoms with Gasteiger partial charge in [0.05, 0.1) is 10.1 Å². The lowest BCUT2D eigenvalue weighted by atomic mass is 10.1. The van der Waals surface area contributed by atoms with Crippen LogP contribution in [0.25, 0.3) is 10.8 Å². The molecule has 1 heterocycles. The number of fused-ring (bicyclic) bond motifs is 1. The van der Waals surface area contributed by atoms with Crippen LogP contribution < -0.4 is 0 Å². The summed E-state index contributed by atoms with van der Waals surface area (Å²) in [6, 6.07) is 12.3. The molecule has 0 bridgehead atoms. The number of benzene rings is 2. The van der Waals surface area contributed by atoms with Gasteiger partial charge >= 0.3 is 23.3 Å². The standard InChI is InChI=1S/C19H23O2S2.C4HF9O3S/c20-23(21,18-5-1-2-6-18)19-10-8-15-13-17(9-7-16(15)14-19)22-11-3-4-12-22;5-1(6,3(9,10)11)2(7,8)4(12,13)17(14,15)16/h7-10,13-14,18H,1-6,11-12H2;(H,14,15,16)/q+1;/p-1. The van der Waals surface area contributed by atoms with Crippen LogP contribution in [0.5, 0.6) is 0 Å². The monoisotopic (exact) mass is 646 g/mol. The number of sulfone groups is 1. The van der Waals surface area contributed by atoms with Crippen molar-refractivity contribution < 1.29 is 60.9 Å². The lowest BCUT2D eigenvalue weighted by Crippen LogP contribution is -2.63. The molecule has 1 aliphatic heterocycles. The predicted octanol–water partition coefficient (Wildman–Crippen LogP) is 6.28. The van der Waals surface area contributed by atoms with Crippen LogP contribution >= 0.6 is 0 Å². The van der Waals surface area contributed by atoms with E-state index in [9.17, 15) is 60.9 Å². The van der Waals surface area contributed by atoms with Crippen LogP contribution in [0, 0.1) is 0 Å². The summed E-state index contributed by atoms with van der Waals surface area (Å²) in [5, 5.41) is -5.05. The van der Waals surface area contributed by atoms with Gasteiger partial charge in [0.2, 0.25) is 0 Å². The molecule has 226 valence electrons. The molecule has 2 fully saturated rings. The molecule has 17 heteroatoms. The summed E-state index contributed by atoms with van der Waals surface area (Å²) in [7, 11) is -10.2. The van der Waals surface area contributed by atoms with Gasteiger partial charge in [-0.3, -0.25) is 0 Å². The molecule has 2 aromatic rings. The smallest absolute Gasteiger partial charge is 0.460 e. The highest BCUT2D eigenvalue weighted by molar-refractivity contribution is 7.97. The minimum absolute atomic E-state index is 0.167. The molecule has 0 atom stereocenters. The normalized spacial score (nSPS) is 18.6. The molecular weight excluding hydrogens is 623 g/mol. The highest BCUT2D eigenvalue weighted by atomic mass is 32.2. The van der Waals surface area contributed by atoms with Crippen molar-refractivity contribution in [3.8, 4) is 0 Å². The van der Waals surface area contributed by atoms with Gasteiger partial charge in [-0.15, -0.1) is 0 Å². The SMILES string of the molecule is O=S(=O)([O-])C(F)(F)C(F)(F)C(F)(F)C(F)(F)F.O=S(=O)(c1ccc2cc([S+]3CCCC3)ccc2c1)C1CCCC1. The minimum Gasteiger partial charge on any atom is -0.743 e. The number of hydrogen-bond acceptors (Lipinski definition) is 5. The highest BCUT2D eigenvalue weighted by Gasteiger charge is 2.83. The van der Waals surface area contributed by atoms with E-state index in [-0.39, 0.29) is 5.25 Å². The van der Waals surface area contributed by atoms with Crippen LogP contribution in [0.1, 0.15) is 38.5 Å². The first-order chi connectivity index (χ1) is 18.1. The predicted molar refractivity (Wildman–Crippen MR) is 129 cm³/mol. The Hall–Kier alpha value is -1.72. The van der Waals surface area contributed by atoms with Crippen molar-refractivity contribution in [1.82, 2.24) is 0 Å². The van der Waals surface area contributed by atoms with E-state index in [1.165, 1.54) is 34.6 Å². The Bertz CT molecular complexity index is 1430. The second-order valence-corrected chi connectivity index (χ2v) is 15.3. The van der Waals surface area contributed by atoms with Crippen molar-refractivity contribution in [2.75, 3.05) is 11.5 Å². The van der Waals surface area contributed by atoms with E-state index in [4.69, 9.17) is 0 Å². The molecule has 4 rings (SSSR count). The maximum Gasteiger partial charge on any atom is 0.460 e. The number of halogens is 9. The van der Waals surface area contributed by atoms with Gasteiger partial charge in [0, 0.05) is 17.0 Å². The third-order valence-corrected chi connectivity index (χ3v) is 12.3. The van der Waals surface area contributed by atoms with Crippen LogP contribution in [0.3, 0.4) is 0 Å². The Labute approximate surface area is 227 Å². The molecular formula is C23H23F9O5S3. The van der Waals surface area contributed by atoms with Gasteiger partial charge in [-0.25, -0.2) is 16.8 Å². The van der Waals surface area contributed by atoms with E-state index in [0.717, 1.165) is 31.1 Å². The zero-order chi connectivity index (χ0) is 30.4. The fourth-order valence-corrected chi connectivity index (χ4v) is 9.02. The third kappa shape index (κ3) is 6.07. The van der Waals surface area contributed by atoms with Gasteiger partial charge in [0.1, 0.15) is 11.5 Å². The summed E-state index contributed by atoms with van der Waals surface area (Å²) in [5.41, 5.74) is 0. The van der Waals surface area contributed by atoms with Gasteiger partial charge in [0.15, 0.2) is 24.9 Å². The van der Waals surface area contributed by atoms with Crippen LogP contribution in [0.2, 0.25) is 0 Å². The molecule has 1 aliphatic carbocycles. The Morgan fingerprint density at radius 1 is 0.700 bits per heavy atom. The average molecular weight is 647 g/mol. The summed E-state index contributed by atoms with van der Waals surface area (Å²) < 4.78 is 161. The maximum absolute atomic E-state index is 12.8. The number of alkyl halides is 9. The molecule has 0 unspecified atom stereocenters. The van der Waals surface area contributed by atoms with Gasteiger partial charge in [-0.2, -0.15) is 39.5 Å². The van der Waals surface area contributed by atoms with Crippen molar-refractivity contribution in [3.05, 3.63) is 36.4 Å². The van der Waals surface area contributed by atoms with E-state index in [2.05, 4.69) is 18.2 Å². The molecule has 0 radical (unpaired) electrons. The highest BCUT2D eigenvalue weighted by Crippen LogP contribution is 2.54. The third-order valence-electron chi connectivity index (χ3n) is 6.65. The molecule has 1 saturated heterocycles. The zero-order valence-corrected chi connectivity index (χ0v) is 22.8. The first-order valence-corrected chi connectivity index (χ1v) is 16.3. The average Bonchev–Trinajstić information content (AvgIpc) is 3.57. The molecule has 0 amide bonds. The number of hydrogen-bond donors (Lipinski definition) is 0. The van der Waals surface area contributed by atoms with E-state index in [1.54, 1.807) is 0 Å². The Balaban J connectivity index is 0.000000234. The Kier molecular flexibility index (Phi) is 9.16. The van der Waals surface area contributed by atoms with E-state index in [0.29, 0.717) is 15.8 Å². The minimum atomic E-state index is -7.43. The van der Waals surface area contributed by atoms with Crippen LogP contribution in [0.4, 0.5) is 39.5 Å². The molecule has 2 aliphatic rings. The second-order valence-electron chi connectivity index (χ2n) is 9.35. The second kappa shape index (κ2) is 11.2. The molecule has 0 spiro atoms. The molecule has 40 heavy (non-hydrogen) atoms. The van der Waals surface area contributed by atoms with Crippen molar-refractivity contribution >= 4 is 41.6 Å². The van der Waals surface area contributed by atoms with Crippen molar-refractivity contribution in [3.63, 3.8) is 0 Å². The summed E-state index contributed by atoms with van der Waals surface area (Å²) in [6.45, 7) is 0. The summed E-state index contributed by atoms with van der Waals surface area (Å²) in [4.78, 5) is 1.95. The van der Waals surface area contributed by atoms with E-state index < -0.39 is 43.2 Å². The number of rotatable bonds is 6. The first kappa shape index (κ1) is 32.8. The molecule has 2 aromatic carbocycles. The first-order valence-electron chi connectivity index (χ1n) is 11.8. The van der Waals surface area contributed by atoms with E-state index >= 15 is 0 Å². The zero-order valence-electron chi connectivity index (χ0n) is 20.4. The van der Waals surface area contributed by atoms with Gasteiger partial charge in [-0.05, 0) is 60.7 Å². The maximum atomic E-state index is 12.8. The van der Waals surface area contributed by atoms with Gasteiger partial charge in [0.25, 0.3) is 0 Å². The lowest BCUT2D eigenvalue weighted by Gasteiger charge is -2.34. The fraction of sp³-hybridized carbons (Fsp3) is 0.565. The quantitative estimate of drug-likeness (QED) is 0.209. The molecule has 5 nitrogen and oxygen atoms in total. The van der Waals surface area contributed by atoms with E-state index in [1.807, 2.05) is 18.2 Å². The van der Waals surface area contributed by atoms with Crippen LogP contribution in [0.15, 0.2) is 46.2 Å².